The third-order valence-electron chi connectivity index (χ3n) is 5.40. The van der Waals surface area contributed by atoms with Gasteiger partial charge in [-0.1, -0.05) is 24.6 Å². The Kier molecular flexibility index (Phi) is 6.92. The third-order valence-corrected chi connectivity index (χ3v) is 5.72. The molecular weight excluding hydrogens is 379 g/mol. The van der Waals surface area contributed by atoms with E-state index in [9.17, 15) is 9.59 Å². The van der Waals surface area contributed by atoms with Crippen molar-refractivity contribution in [3.63, 3.8) is 0 Å². The standard InChI is InChI=1S/C22H24ClFN2O2.H2/c1-2-14(11-19(27)15-5-3-9-25-12-15)17-7-8-18(23)20(21(17)24)22(28)16-6-4-10-26-13-16;/h4,6-8,10,13-15,25H,2-3,5,9,11-12H2,1H3;1H/t14-,15?;/m1./s1. The average molecular weight is 405 g/mol. The first-order valence-corrected chi connectivity index (χ1v) is 10.1. The summed E-state index contributed by atoms with van der Waals surface area (Å²) >= 11 is 6.17. The van der Waals surface area contributed by atoms with E-state index >= 15 is 4.39 Å². The first kappa shape index (κ1) is 20.6. The number of piperidine rings is 1. The zero-order valence-corrected chi connectivity index (χ0v) is 16.6. The van der Waals surface area contributed by atoms with Crippen molar-refractivity contribution in [3.05, 3.63) is 64.2 Å². The molecule has 3 rings (SSSR count). The highest BCUT2D eigenvalue weighted by atomic mass is 35.5. The molecule has 0 radical (unpaired) electrons. The Morgan fingerprint density at radius 1 is 1.39 bits per heavy atom. The molecule has 1 aromatic heterocycles. The maximum Gasteiger partial charge on any atom is 0.199 e. The molecule has 0 saturated carbocycles. The van der Waals surface area contributed by atoms with Gasteiger partial charge in [-0.15, -0.1) is 0 Å². The van der Waals surface area contributed by atoms with Crippen molar-refractivity contribution in [1.29, 1.82) is 0 Å². The van der Waals surface area contributed by atoms with Gasteiger partial charge in [-0.2, -0.15) is 0 Å². The van der Waals surface area contributed by atoms with E-state index in [-0.39, 0.29) is 41.6 Å². The Labute approximate surface area is 171 Å². The lowest BCUT2D eigenvalue weighted by molar-refractivity contribution is -0.123. The number of hydrogen-bond donors (Lipinski definition) is 1. The topological polar surface area (TPSA) is 59.1 Å². The Morgan fingerprint density at radius 2 is 2.21 bits per heavy atom. The van der Waals surface area contributed by atoms with Gasteiger partial charge in [0.05, 0.1) is 10.6 Å². The van der Waals surface area contributed by atoms with Crippen LogP contribution in [0.4, 0.5) is 4.39 Å². The Balaban J connectivity index is 0.00000300. The molecule has 6 heteroatoms. The minimum Gasteiger partial charge on any atom is -0.316 e. The summed E-state index contributed by atoms with van der Waals surface area (Å²) in [7, 11) is 0. The smallest absolute Gasteiger partial charge is 0.199 e. The monoisotopic (exact) mass is 404 g/mol. The normalized spacial score (nSPS) is 17.9. The van der Waals surface area contributed by atoms with Crippen molar-refractivity contribution in [3.8, 4) is 0 Å². The molecule has 0 bridgehead atoms. The van der Waals surface area contributed by atoms with Crippen molar-refractivity contribution in [2.24, 2.45) is 5.92 Å². The van der Waals surface area contributed by atoms with Crippen molar-refractivity contribution in [2.75, 3.05) is 13.1 Å². The van der Waals surface area contributed by atoms with Crippen molar-refractivity contribution in [2.45, 2.75) is 38.5 Å². The number of Topliss-reactive ketones (excluding diaryl/α,β-unsaturated/α-hetero) is 1. The number of ketones is 2. The molecule has 0 amide bonds. The number of hydrogen-bond acceptors (Lipinski definition) is 4. The van der Waals surface area contributed by atoms with E-state index in [1.165, 1.54) is 6.20 Å². The van der Waals surface area contributed by atoms with E-state index in [2.05, 4.69) is 10.3 Å². The summed E-state index contributed by atoms with van der Waals surface area (Å²) in [5.74, 6) is -1.30. The first-order valence-electron chi connectivity index (χ1n) is 9.69. The van der Waals surface area contributed by atoms with Crippen LogP contribution < -0.4 is 5.32 Å². The van der Waals surface area contributed by atoms with Gasteiger partial charge in [0, 0.05) is 38.3 Å². The number of nitrogens with zero attached hydrogens (tertiary/aromatic N) is 1. The molecule has 1 N–H and O–H groups in total. The molecule has 1 fully saturated rings. The number of rotatable bonds is 7. The fraction of sp³-hybridized carbons (Fsp3) is 0.409. The van der Waals surface area contributed by atoms with Crippen LogP contribution in [-0.2, 0) is 4.79 Å². The van der Waals surface area contributed by atoms with Gasteiger partial charge in [0.15, 0.2) is 5.78 Å². The molecule has 1 aromatic carbocycles. The minimum absolute atomic E-state index is 0. The van der Waals surface area contributed by atoms with Crippen LogP contribution in [0.25, 0.3) is 0 Å². The third kappa shape index (κ3) is 4.47. The van der Waals surface area contributed by atoms with E-state index < -0.39 is 11.6 Å². The van der Waals surface area contributed by atoms with Crippen LogP contribution in [0.15, 0.2) is 36.7 Å². The number of benzene rings is 1. The minimum atomic E-state index is -0.636. The second-order valence-corrected chi connectivity index (χ2v) is 7.62. The summed E-state index contributed by atoms with van der Waals surface area (Å²) in [5, 5.41) is 3.31. The molecule has 1 saturated heterocycles. The predicted octanol–water partition coefficient (Wildman–Crippen LogP) is 4.80. The van der Waals surface area contributed by atoms with E-state index in [0.29, 0.717) is 18.5 Å². The lowest BCUT2D eigenvalue weighted by Crippen LogP contribution is -2.35. The summed E-state index contributed by atoms with van der Waals surface area (Å²) in [6, 6.07) is 6.33. The Morgan fingerprint density at radius 3 is 2.86 bits per heavy atom. The van der Waals surface area contributed by atoms with Crippen molar-refractivity contribution in [1.82, 2.24) is 10.3 Å². The first-order chi connectivity index (χ1) is 13.5. The maximum atomic E-state index is 15.3. The number of halogens is 2. The summed E-state index contributed by atoms with van der Waals surface area (Å²) in [4.78, 5) is 29.4. The molecule has 1 unspecified atom stereocenters. The molecule has 2 aromatic rings. The van der Waals surface area contributed by atoms with Gasteiger partial charge in [-0.3, -0.25) is 14.6 Å². The van der Waals surface area contributed by atoms with E-state index in [1.54, 1.807) is 30.5 Å². The number of pyridine rings is 1. The van der Waals surface area contributed by atoms with Crippen LogP contribution in [-0.4, -0.2) is 29.6 Å². The highest BCUT2D eigenvalue weighted by Gasteiger charge is 2.28. The molecule has 28 heavy (non-hydrogen) atoms. The van der Waals surface area contributed by atoms with Crippen LogP contribution in [0.1, 0.15) is 61.4 Å². The molecule has 2 atom stereocenters. The quantitative estimate of drug-likeness (QED) is 0.673. The van der Waals surface area contributed by atoms with Gasteiger partial charge in [0.1, 0.15) is 11.6 Å². The molecule has 2 heterocycles. The zero-order valence-electron chi connectivity index (χ0n) is 15.9. The van der Waals surface area contributed by atoms with E-state index in [1.807, 2.05) is 6.92 Å². The lowest BCUT2D eigenvalue weighted by atomic mass is 9.84. The van der Waals surface area contributed by atoms with Gasteiger partial charge in [-0.05, 0) is 55.5 Å². The summed E-state index contributed by atoms with van der Waals surface area (Å²) < 4.78 is 15.3. The van der Waals surface area contributed by atoms with Crippen molar-refractivity contribution < 1.29 is 15.4 Å². The van der Waals surface area contributed by atoms with E-state index in [4.69, 9.17) is 11.6 Å². The average Bonchev–Trinajstić information content (AvgIpc) is 2.73. The van der Waals surface area contributed by atoms with Crippen LogP contribution in [0.2, 0.25) is 5.02 Å². The molecule has 0 spiro atoms. The fourth-order valence-corrected chi connectivity index (χ4v) is 3.98. The molecule has 4 nitrogen and oxygen atoms in total. The molecular formula is C22H26ClFN2O2. The van der Waals surface area contributed by atoms with Gasteiger partial charge >= 0.3 is 0 Å². The highest BCUT2D eigenvalue weighted by molar-refractivity contribution is 6.35. The number of carbonyl (C=O) groups excluding carboxylic acids is 2. The molecule has 1 aliphatic rings. The van der Waals surface area contributed by atoms with Gasteiger partial charge in [0.25, 0.3) is 0 Å². The second-order valence-electron chi connectivity index (χ2n) is 7.22. The van der Waals surface area contributed by atoms with Crippen LogP contribution >= 0.6 is 11.6 Å². The summed E-state index contributed by atoms with van der Waals surface area (Å²) in [5.41, 5.74) is 0.492. The van der Waals surface area contributed by atoms with Crippen LogP contribution in [0, 0.1) is 11.7 Å². The van der Waals surface area contributed by atoms with E-state index in [0.717, 1.165) is 19.4 Å². The Bertz CT molecular complexity index is 857. The Hall–Kier alpha value is -2.11. The predicted molar refractivity (Wildman–Crippen MR) is 109 cm³/mol. The molecule has 0 aliphatic carbocycles. The van der Waals surface area contributed by atoms with Gasteiger partial charge < -0.3 is 5.32 Å². The second kappa shape index (κ2) is 9.39. The largest absolute Gasteiger partial charge is 0.316 e. The van der Waals surface area contributed by atoms with Crippen molar-refractivity contribution >= 4 is 23.2 Å². The van der Waals surface area contributed by atoms with Gasteiger partial charge in [0.2, 0.25) is 0 Å². The molecule has 150 valence electrons. The zero-order chi connectivity index (χ0) is 20.1. The maximum absolute atomic E-state index is 15.3. The number of nitrogens with one attached hydrogen (secondary N) is 1. The number of carbonyl (C=O) groups is 2. The summed E-state index contributed by atoms with van der Waals surface area (Å²) in [6.45, 7) is 3.55. The highest BCUT2D eigenvalue weighted by Crippen LogP contribution is 2.33. The van der Waals surface area contributed by atoms with Crippen LogP contribution in [0.5, 0.6) is 0 Å². The lowest BCUT2D eigenvalue weighted by Gasteiger charge is -2.24. The fourth-order valence-electron chi connectivity index (χ4n) is 3.74. The summed E-state index contributed by atoms with van der Waals surface area (Å²) in [6.07, 6.45) is 5.65. The van der Waals surface area contributed by atoms with Crippen LogP contribution in [0.3, 0.4) is 0 Å². The number of aromatic nitrogens is 1. The molecule has 1 aliphatic heterocycles. The van der Waals surface area contributed by atoms with Gasteiger partial charge in [-0.25, -0.2) is 4.39 Å². The SMILES string of the molecule is CC[C@H](CC(=O)C1CCCNC1)c1ccc(Cl)c(C(=O)c2cccnc2)c1F.[HH].